The van der Waals surface area contributed by atoms with Crippen molar-refractivity contribution in [2.75, 3.05) is 6.61 Å². The zero-order valence-electron chi connectivity index (χ0n) is 11.5. The Labute approximate surface area is 114 Å². The lowest BCUT2D eigenvalue weighted by atomic mass is 9.83. The fraction of sp³-hybridized carbons (Fsp3) is 0.438. The van der Waals surface area contributed by atoms with E-state index >= 15 is 0 Å². The first-order valence-electron chi connectivity index (χ1n) is 6.69. The second-order valence-electron chi connectivity index (χ2n) is 5.63. The molecular formula is C16H21NO2. The van der Waals surface area contributed by atoms with Crippen molar-refractivity contribution in [1.29, 1.82) is 0 Å². The summed E-state index contributed by atoms with van der Waals surface area (Å²) in [6.45, 7) is 4.00. The van der Waals surface area contributed by atoms with Gasteiger partial charge in [-0.25, -0.2) is 0 Å². The van der Waals surface area contributed by atoms with Crippen LogP contribution in [0.25, 0.3) is 0 Å². The van der Waals surface area contributed by atoms with Gasteiger partial charge in [0.05, 0.1) is 5.41 Å². The van der Waals surface area contributed by atoms with Gasteiger partial charge >= 0.3 is 0 Å². The first-order valence-corrected chi connectivity index (χ1v) is 6.69. The molecule has 0 aromatic heterocycles. The van der Waals surface area contributed by atoms with Gasteiger partial charge in [0.25, 0.3) is 0 Å². The van der Waals surface area contributed by atoms with E-state index in [1.807, 2.05) is 56.3 Å². The largest absolute Gasteiger partial charge is 0.396 e. The van der Waals surface area contributed by atoms with Crippen LogP contribution in [-0.4, -0.2) is 23.7 Å². The average Bonchev–Trinajstić information content (AvgIpc) is 2.87. The van der Waals surface area contributed by atoms with Crippen LogP contribution in [0.1, 0.15) is 25.8 Å². The van der Waals surface area contributed by atoms with Crippen molar-refractivity contribution in [2.24, 2.45) is 5.92 Å². The highest BCUT2D eigenvalue weighted by atomic mass is 16.3. The number of carbonyl (C=O) groups is 1. The summed E-state index contributed by atoms with van der Waals surface area (Å²) in [7, 11) is 0. The number of carbonyl (C=O) groups excluding carboxylic acids is 1. The summed E-state index contributed by atoms with van der Waals surface area (Å²) in [6, 6.07) is 9.82. The van der Waals surface area contributed by atoms with Crippen LogP contribution in [0.3, 0.4) is 0 Å². The van der Waals surface area contributed by atoms with E-state index in [0.717, 1.165) is 12.0 Å². The van der Waals surface area contributed by atoms with Gasteiger partial charge in [-0.05, 0) is 25.8 Å². The monoisotopic (exact) mass is 259 g/mol. The number of aliphatic hydroxyl groups is 1. The van der Waals surface area contributed by atoms with Crippen molar-refractivity contribution in [1.82, 2.24) is 5.32 Å². The average molecular weight is 259 g/mol. The minimum absolute atomic E-state index is 0.0203. The third-order valence-electron chi connectivity index (χ3n) is 3.79. The van der Waals surface area contributed by atoms with E-state index in [2.05, 4.69) is 5.32 Å². The Kier molecular flexibility index (Phi) is 4.05. The zero-order chi connectivity index (χ0) is 13.9. The highest BCUT2D eigenvalue weighted by Crippen LogP contribution is 2.24. The maximum absolute atomic E-state index is 12.4. The minimum atomic E-state index is -0.549. The zero-order valence-corrected chi connectivity index (χ0v) is 11.5. The van der Waals surface area contributed by atoms with E-state index in [-0.39, 0.29) is 24.5 Å². The lowest BCUT2D eigenvalue weighted by molar-refractivity contribution is -0.126. The Bertz CT molecular complexity index is 465. The van der Waals surface area contributed by atoms with Crippen molar-refractivity contribution in [2.45, 2.75) is 31.7 Å². The van der Waals surface area contributed by atoms with E-state index in [1.165, 1.54) is 0 Å². The predicted molar refractivity (Wildman–Crippen MR) is 75.7 cm³/mol. The van der Waals surface area contributed by atoms with Crippen LogP contribution in [0, 0.1) is 5.92 Å². The van der Waals surface area contributed by atoms with Crippen molar-refractivity contribution < 1.29 is 9.90 Å². The van der Waals surface area contributed by atoms with Gasteiger partial charge in [-0.1, -0.05) is 42.5 Å². The molecule has 2 rings (SSSR count). The molecule has 3 nitrogen and oxygen atoms in total. The van der Waals surface area contributed by atoms with Crippen molar-refractivity contribution in [3.8, 4) is 0 Å². The van der Waals surface area contributed by atoms with E-state index in [1.54, 1.807) is 0 Å². The predicted octanol–water partition coefficient (Wildman–Crippen LogP) is 2.02. The highest BCUT2D eigenvalue weighted by Gasteiger charge is 2.31. The number of aliphatic hydroxyl groups excluding tert-OH is 1. The number of amides is 1. The van der Waals surface area contributed by atoms with Gasteiger partial charge in [-0.2, -0.15) is 0 Å². The SMILES string of the molecule is CC(C)(C(=O)N[C@@H]1C=C[C@H](CO)C1)c1ccccc1. The Morgan fingerprint density at radius 3 is 2.58 bits per heavy atom. The Morgan fingerprint density at radius 2 is 2.00 bits per heavy atom. The molecule has 2 N–H and O–H groups in total. The Balaban J connectivity index is 2.02. The van der Waals surface area contributed by atoms with Crippen molar-refractivity contribution in [3.05, 3.63) is 48.0 Å². The molecule has 102 valence electrons. The molecule has 1 aliphatic rings. The smallest absolute Gasteiger partial charge is 0.230 e. The van der Waals surface area contributed by atoms with E-state index < -0.39 is 5.41 Å². The van der Waals surface area contributed by atoms with Crippen LogP contribution in [0.4, 0.5) is 0 Å². The molecule has 1 aromatic carbocycles. The number of nitrogens with one attached hydrogen (secondary N) is 1. The third kappa shape index (κ3) is 3.04. The minimum Gasteiger partial charge on any atom is -0.396 e. The lowest BCUT2D eigenvalue weighted by Crippen LogP contribution is -2.44. The fourth-order valence-corrected chi connectivity index (χ4v) is 2.35. The molecule has 0 heterocycles. The highest BCUT2D eigenvalue weighted by molar-refractivity contribution is 5.87. The van der Waals surface area contributed by atoms with Crippen molar-refractivity contribution >= 4 is 5.91 Å². The summed E-state index contributed by atoms with van der Waals surface area (Å²) in [5.41, 5.74) is 0.458. The van der Waals surface area contributed by atoms with Gasteiger partial charge in [0.2, 0.25) is 5.91 Å². The summed E-state index contributed by atoms with van der Waals surface area (Å²) in [6.07, 6.45) is 4.73. The molecule has 0 bridgehead atoms. The molecule has 0 fully saturated rings. The summed E-state index contributed by atoms with van der Waals surface area (Å²) in [4.78, 5) is 12.4. The summed E-state index contributed by atoms with van der Waals surface area (Å²) in [5, 5.41) is 12.1. The lowest BCUT2D eigenvalue weighted by Gasteiger charge is -2.26. The summed E-state index contributed by atoms with van der Waals surface area (Å²) >= 11 is 0. The number of hydrogen-bond donors (Lipinski definition) is 2. The second-order valence-corrected chi connectivity index (χ2v) is 5.63. The van der Waals surface area contributed by atoms with Crippen molar-refractivity contribution in [3.63, 3.8) is 0 Å². The molecule has 19 heavy (non-hydrogen) atoms. The number of rotatable bonds is 4. The van der Waals surface area contributed by atoms with Crippen LogP contribution in [-0.2, 0) is 10.2 Å². The molecule has 0 radical (unpaired) electrons. The maximum Gasteiger partial charge on any atom is 0.230 e. The molecule has 1 amide bonds. The topological polar surface area (TPSA) is 49.3 Å². The Morgan fingerprint density at radius 1 is 1.32 bits per heavy atom. The first kappa shape index (κ1) is 13.8. The maximum atomic E-state index is 12.4. The van der Waals surface area contributed by atoms with Crippen LogP contribution < -0.4 is 5.32 Å². The molecule has 1 aromatic rings. The summed E-state index contributed by atoms with van der Waals surface area (Å²) < 4.78 is 0. The van der Waals surface area contributed by atoms with Crippen LogP contribution in [0.15, 0.2) is 42.5 Å². The quantitative estimate of drug-likeness (QED) is 0.813. The van der Waals surface area contributed by atoms with E-state index in [9.17, 15) is 4.79 Å². The fourth-order valence-electron chi connectivity index (χ4n) is 2.35. The van der Waals surface area contributed by atoms with Crippen LogP contribution in [0.2, 0.25) is 0 Å². The van der Waals surface area contributed by atoms with E-state index in [0.29, 0.717) is 0 Å². The molecule has 0 saturated heterocycles. The van der Waals surface area contributed by atoms with Gasteiger partial charge in [-0.15, -0.1) is 0 Å². The standard InChI is InChI=1S/C16H21NO2/c1-16(2,13-6-4-3-5-7-13)15(19)17-14-9-8-12(10-14)11-18/h3-9,12,14,18H,10-11H2,1-2H3,(H,17,19)/t12-,14+/m0/s1. The third-order valence-corrected chi connectivity index (χ3v) is 3.79. The summed E-state index contributed by atoms with van der Waals surface area (Å²) in [5.74, 6) is 0.192. The normalized spacial score (nSPS) is 22.5. The van der Waals surface area contributed by atoms with Gasteiger partial charge in [0, 0.05) is 18.6 Å². The molecule has 0 aliphatic heterocycles. The van der Waals surface area contributed by atoms with Gasteiger partial charge < -0.3 is 10.4 Å². The van der Waals surface area contributed by atoms with Gasteiger partial charge in [0.15, 0.2) is 0 Å². The van der Waals surface area contributed by atoms with E-state index in [4.69, 9.17) is 5.11 Å². The second kappa shape index (κ2) is 5.57. The molecular weight excluding hydrogens is 238 g/mol. The molecule has 0 spiro atoms. The van der Waals surface area contributed by atoms with Crippen LogP contribution >= 0.6 is 0 Å². The van der Waals surface area contributed by atoms with Gasteiger partial charge in [0.1, 0.15) is 0 Å². The van der Waals surface area contributed by atoms with Crippen LogP contribution in [0.5, 0.6) is 0 Å². The molecule has 0 saturated carbocycles. The Hall–Kier alpha value is -1.61. The number of benzene rings is 1. The number of hydrogen-bond acceptors (Lipinski definition) is 2. The molecule has 2 atom stereocenters. The molecule has 3 heteroatoms. The first-order chi connectivity index (χ1) is 9.04. The molecule has 1 aliphatic carbocycles. The molecule has 0 unspecified atom stereocenters. The van der Waals surface area contributed by atoms with Gasteiger partial charge in [-0.3, -0.25) is 4.79 Å².